The third-order valence-corrected chi connectivity index (χ3v) is 2.36. The molecule has 0 fully saturated rings. The summed E-state index contributed by atoms with van der Waals surface area (Å²) >= 11 is 0. The molecule has 2 aromatic heterocycles. The number of carbonyl (C=O) groups excluding carboxylic acids is 1. The van der Waals surface area contributed by atoms with Crippen LogP contribution in [0.2, 0.25) is 0 Å². The van der Waals surface area contributed by atoms with Gasteiger partial charge in [-0.25, -0.2) is 4.52 Å². The van der Waals surface area contributed by atoms with Crippen LogP contribution in [0.1, 0.15) is 0 Å². The Bertz CT molecular complexity index is 551. The number of likely N-dealkylation sites (N-methyl/N-ethyl adjacent to an activating group) is 1. The Hall–Kier alpha value is -2.31. The summed E-state index contributed by atoms with van der Waals surface area (Å²) in [5.74, 6) is -0.120. The number of methoxy groups -OCH3 is 1. The van der Waals surface area contributed by atoms with E-state index in [9.17, 15) is 4.79 Å². The molecule has 0 atom stereocenters. The summed E-state index contributed by atoms with van der Waals surface area (Å²) in [4.78, 5) is 17.0. The lowest BCUT2D eigenvalue weighted by atomic mass is 10.3. The average molecular weight is 235 g/mol. The smallest absolute Gasteiger partial charge is 0.325 e. The number of fused-ring (bicyclic) bond motifs is 1. The topological polar surface area (TPSA) is 85.8 Å². The highest BCUT2D eigenvalue weighted by Crippen LogP contribution is 2.18. The van der Waals surface area contributed by atoms with E-state index in [-0.39, 0.29) is 18.5 Å². The van der Waals surface area contributed by atoms with E-state index in [2.05, 4.69) is 14.8 Å². The van der Waals surface area contributed by atoms with Gasteiger partial charge in [0.05, 0.1) is 12.8 Å². The number of ether oxygens (including phenoxy) is 1. The minimum absolute atomic E-state index is 0.142. The SMILES string of the molecule is COC(=O)CN(C)c1cccn2nc(N)nc12. The zero-order chi connectivity index (χ0) is 12.4. The molecular weight excluding hydrogens is 222 g/mol. The normalized spacial score (nSPS) is 10.5. The quantitative estimate of drug-likeness (QED) is 0.749. The van der Waals surface area contributed by atoms with Gasteiger partial charge in [0, 0.05) is 13.2 Å². The second kappa shape index (κ2) is 4.28. The predicted octanol–water partition coefficient (Wildman–Crippen LogP) is -0.0793. The van der Waals surface area contributed by atoms with Crippen LogP contribution in [0.15, 0.2) is 18.3 Å². The number of rotatable bonds is 3. The standard InChI is InChI=1S/C10H13N5O2/c1-14(6-8(16)17-2)7-4-3-5-15-9(7)12-10(11)13-15/h3-5H,6H2,1-2H3,(H2,11,13). The Morgan fingerprint density at radius 2 is 2.41 bits per heavy atom. The van der Waals surface area contributed by atoms with Crippen molar-refractivity contribution < 1.29 is 9.53 Å². The summed E-state index contributed by atoms with van der Waals surface area (Å²) in [6, 6.07) is 3.65. The first-order valence-corrected chi connectivity index (χ1v) is 5.00. The molecule has 0 spiro atoms. The minimum atomic E-state index is -0.318. The zero-order valence-electron chi connectivity index (χ0n) is 9.62. The molecule has 90 valence electrons. The molecule has 0 saturated carbocycles. The number of esters is 1. The highest BCUT2D eigenvalue weighted by molar-refractivity contribution is 5.79. The van der Waals surface area contributed by atoms with E-state index in [0.29, 0.717) is 5.65 Å². The van der Waals surface area contributed by atoms with Crippen molar-refractivity contribution in [3.8, 4) is 0 Å². The molecule has 0 aliphatic rings. The van der Waals surface area contributed by atoms with Gasteiger partial charge in [0.2, 0.25) is 5.95 Å². The number of nitrogens with two attached hydrogens (primary N) is 1. The minimum Gasteiger partial charge on any atom is -0.468 e. The van der Waals surface area contributed by atoms with Gasteiger partial charge in [0.15, 0.2) is 5.65 Å². The van der Waals surface area contributed by atoms with Crippen molar-refractivity contribution in [3.05, 3.63) is 18.3 Å². The third kappa shape index (κ3) is 2.12. The van der Waals surface area contributed by atoms with E-state index in [0.717, 1.165) is 5.69 Å². The second-order valence-electron chi connectivity index (χ2n) is 3.56. The van der Waals surface area contributed by atoms with Crippen molar-refractivity contribution in [2.24, 2.45) is 0 Å². The van der Waals surface area contributed by atoms with E-state index < -0.39 is 0 Å². The van der Waals surface area contributed by atoms with Crippen molar-refractivity contribution in [1.82, 2.24) is 14.6 Å². The maximum Gasteiger partial charge on any atom is 0.325 e. The molecule has 2 aromatic rings. The van der Waals surface area contributed by atoms with Crippen LogP contribution < -0.4 is 10.6 Å². The summed E-state index contributed by atoms with van der Waals surface area (Å²) in [6.45, 7) is 0.142. The van der Waals surface area contributed by atoms with Crippen LogP contribution in [0.25, 0.3) is 5.65 Å². The first-order chi connectivity index (χ1) is 8.11. The number of nitrogens with zero attached hydrogens (tertiary/aromatic N) is 4. The van der Waals surface area contributed by atoms with Gasteiger partial charge in [0.1, 0.15) is 6.54 Å². The molecule has 0 amide bonds. The number of pyridine rings is 1. The summed E-state index contributed by atoms with van der Waals surface area (Å²) in [5, 5.41) is 4.00. The lowest BCUT2D eigenvalue weighted by molar-refractivity contribution is -0.138. The molecule has 7 heteroatoms. The largest absolute Gasteiger partial charge is 0.468 e. The van der Waals surface area contributed by atoms with E-state index in [1.807, 2.05) is 12.1 Å². The Morgan fingerprint density at radius 1 is 1.65 bits per heavy atom. The first-order valence-electron chi connectivity index (χ1n) is 5.00. The summed E-state index contributed by atoms with van der Waals surface area (Å²) in [5.41, 5.74) is 6.91. The maximum atomic E-state index is 11.2. The van der Waals surface area contributed by atoms with Gasteiger partial charge in [-0.1, -0.05) is 0 Å². The molecule has 0 aromatic carbocycles. The highest BCUT2D eigenvalue weighted by atomic mass is 16.5. The number of hydrogen-bond donors (Lipinski definition) is 1. The number of carbonyl (C=O) groups is 1. The lowest BCUT2D eigenvalue weighted by Crippen LogP contribution is -2.26. The Morgan fingerprint density at radius 3 is 3.12 bits per heavy atom. The average Bonchev–Trinajstić information content (AvgIpc) is 2.68. The summed E-state index contributed by atoms with van der Waals surface area (Å²) < 4.78 is 6.18. The predicted molar refractivity (Wildman–Crippen MR) is 62.7 cm³/mol. The molecule has 0 unspecified atom stereocenters. The number of aromatic nitrogens is 3. The van der Waals surface area contributed by atoms with Crippen molar-refractivity contribution in [3.63, 3.8) is 0 Å². The summed E-state index contributed by atoms with van der Waals surface area (Å²) in [7, 11) is 3.13. The van der Waals surface area contributed by atoms with Crippen molar-refractivity contribution in [2.45, 2.75) is 0 Å². The van der Waals surface area contributed by atoms with Gasteiger partial charge >= 0.3 is 5.97 Å². The van der Waals surface area contributed by atoms with Crippen LogP contribution in [0.3, 0.4) is 0 Å². The van der Waals surface area contributed by atoms with Crippen LogP contribution >= 0.6 is 0 Å². The van der Waals surface area contributed by atoms with Crippen molar-refractivity contribution in [1.29, 1.82) is 0 Å². The van der Waals surface area contributed by atoms with Gasteiger partial charge < -0.3 is 15.4 Å². The van der Waals surface area contributed by atoms with Gasteiger partial charge in [-0.2, -0.15) is 4.98 Å². The fourth-order valence-corrected chi connectivity index (χ4v) is 1.55. The molecule has 0 aliphatic carbocycles. The molecule has 7 nitrogen and oxygen atoms in total. The first kappa shape index (κ1) is 11.2. The molecule has 17 heavy (non-hydrogen) atoms. The van der Waals surface area contributed by atoms with Gasteiger partial charge in [0.25, 0.3) is 0 Å². The molecule has 2 rings (SSSR count). The number of anilines is 2. The number of nitrogen functional groups attached to an aromatic ring is 1. The third-order valence-electron chi connectivity index (χ3n) is 2.36. The zero-order valence-corrected chi connectivity index (χ0v) is 9.62. The van der Waals surface area contributed by atoms with Crippen molar-refractivity contribution in [2.75, 3.05) is 31.3 Å². The monoisotopic (exact) mass is 235 g/mol. The lowest BCUT2D eigenvalue weighted by Gasteiger charge is -2.17. The molecule has 2 N–H and O–H groups in total. The molecule has 2 heterocycles. The highest BCUT2D eigenvalue weighted by Gasteiger charge is 2.12. The Balaban J connectivity index is 2.37. The maximum absolute atomic E-state index is 11.2. The molecule has 0 radical (unpaired) electrons. The van der Waals surface area contributed by atoms with Gasteiger partial charge in [-0.05, 0) is 12.1 Å². The van der Waals surface area contributed by atoms with E-state index >= 15 is 0 Å². The second-order valence-corrected chi connectivity index (χ2v) is 3.56. The van der Waals surface area contributed by atoms with Gasteiger partial charge in [-0.15, -0.1) is 5.10 Å². The van der Waals surface area contributed by atoms with Crippen LogP contribution in [-0.2, 0) is 9.53 Å². The number of hydrogen-bond acceptors (Lipinski definition) is 6. The molecular formula is C10H13N5O2. The van der Waals surface area contributed by atoms with Gasteiger partial charge in [-0.3, -0.25) is 4.79 Å². The molecule has 0 aliphatic heterocycles. The van der Waals surface area contributed by atoms with Crippen LogP contribution in [0.5, 0.6) is 0 Å². The molecule has 0 bridgehead atoms. The fraction of sp³-hybridized carbons (Fsp3) is 0.300. The van der Waals surface area contributed by atoms with E-state index in [4.69, 9.17) is 5.73 Å². The fourth-order valence-electron chi connectivity index (χ4n) is 1.55. The Kier molecular flexibility index (Phi) is 2.82. The molecule has 0 saturated heterocycles. The van der Waals surface area contributed by atoms with E-state index in [1.54, 1.807) is 22.7 Å². The van der Waals surface area contributed by atoms with E-state index in [1.165, 1.54) is 7.11 Å². The van der Waals surface area contributed by atoms with Crippen molar-refractivity contribution >= 4 is 23.3 Å². The van der Waals surface area contributed by atoms with Crippen LogP contribution in [0, 0.1) is 0 Å². The van der Waals surface area contributed by atoms with Crippen LogP contribution in [0.4, 0.5) is 11.6 Å². The van der Waals surface area contributed by atoms with Crippen LogP contribution in [-0.4, -0.2) is 41.3 Å². The summed E-state index contributed by atoms with van der Waals surface area (Å²) in [6.07, 6.45) is 1.74. The Labute approximate surface area is 97.8 Å².